The molecule has 0 saturated heterocycles. The van der Waals surface area contributed by atoms with Crippen molar-refractivity contribution in [3.05, 3.63) is 29.3 Å². The van der Waals surface area contributed by atoms with Gasteiger partial charge in [-0.25, -0.2) is 0 Å². The highest BCUT2D eigenvalue weighted by Gasteiger charge is 2.14. The van der Waals surface area contributed by atoms with Gasteiger partial charge >= 0.3 is 0 Å². The molecular weight excluding hydrogens is 202 g/mol. The number of methoxy groups -OCH3 is 1. The van der Waals surface area contributed by atoms with Gasteiger partial charge in [-0.05, 0) is 24.0 Å². The molecule has 0 fully saturated rings. The molecule has 0 aliphatic carbocycles. The van der Waals surface area contributed by atoms with E-state index >= 15 is 0 Å². The molecule has 3 N–H and O–H groups in total. The van der Waals surface area contributed by atoms with Gasteiger partial charge < -0.3 is 15.6 Å². The second-order valence-electron chi connectivity index (χ2n) is 4.41. The smallest absolute Gasteiger partial charge is 0.120 e. The number of hydrogen-bond acceptors (Lipinski definition) is 3. The predicted molar refractivity (Wildman–Crippen MR) is 65.5 cm³/mol. The Hall–Kier alpha value is -1.06. The third kappa shape index (κ3) is 3.22. The van der Waals surface area contributed by atoms with Crippen LogP contribution in [0.2, 0.25) is 0 Å². The summed E-state index contributed by atoms with van der Waals surface area (Å²) in [6.45, 7) is 4.78. The van der Waals surface area contributed by atoms with E-state index in [-0.39, 0.29) is 11.8 Å². The van der Waals surface area contributed by atoms with Gasteiger partial charge in [0.2, 0.25) is 0 Å². The summed E-state index contributed by atoms with van der Waals surface area (Å²) in [4.78, 5) is 0. The minimum absolute atomic E-state index is 0.123. The normalized spacial score (nSPS) is 13.1. The molecule has 0 radical (unpaired) electrons. The van der Waals surface area contributed by atoms with Crippen molar-refractivity contribution < 1.29 is 9.84 Å². The van der Waals surface area contributed by atoms with Gasteiger partial charge in [0.1, 0.15) is 5.75 Å². The van der Waals surface area contributed by atoms with E-state index in [0.29, 0.717) is 12.5 Å². The van der Waals surface area contributed by atoms with E-state index in [1.807, 2.05) is 26.0 Å². The van der Waals surface area contributed by atoms with Crippen LogP contribution in [0.25, 0.3) is 0 Å². The molecule has 0 aliphatic rings. The summed E-state index contributed by atoms with van der Waals surface area (Å²) in [5.41, 5.74) is 8.01. The average molecular weight is 223 g/mol. The molecule has 1 aromatic rings. The van der Waals surface area contributed by atoms with Gasteiger partial charge in [0, 0.05) is 18.7 Å². The molecule has 1 aromatic carbocycles. The van der Waals surface area contributed by atoms with Crippen molar-refractivity contribution in [2.45, 2.75) is 26.3 Å². The highest BCUT2D eigenvalue weighted by molar-refractivity contribution is 5.38. The first-order valence-corrected chi connectivity index (χ1v) is 5.62. The van der Waals surface area contributed by atoms with Crippen LogP contribution in [0.5, 0.6) is 5.75 Å². The molecule has 0 spiro atoms. The summed E-state index contributed by atoms with van der Waals surface area (Å²) in [6, 6.07) is 5.47. The molecule has 0 bridgehead atoms. The predicted octanol–water partition coefficient (Wildman–Crippen LogP) is 2.24. The van der Waals surface area contributed by atoms with Crippen LogP contribution in [0.15, 0.2) is 18.2 Å². The number of aromatic hydroxyl groups is 1. The summed E-state index contributed by atoms with van der Waals surface area (Å²) in [5, 5.41) is 9.77. The first kappa shape index (κ1) is 13.0. The van der Waals surface area contributed by atoms with E-state index in [0.717, 1.165) is 17.5 Å². The lowest BCUT2D eigenvalue weighted by Gasteiger charge is -2.18. The lowest BCUT2D eigenvalue weighted by molar-refractivity contribution is 0.202. The fraction of sp³-hybridized carbons (Fsp3) is 0.538. The Morgan fingerprint density at radius 3 is 2.62 bits per heavy atom. The van der Waals surface area contributed by atoms with Gasteiger partial charge in [-0.1, -0.05) is 26.0 Å². The van der Waals surface area contributed by atoms with E-state index in [1.165, 1.54) is 0 Å². The topological polar surface area (TPSA) is 55.5 Å². The maximum absolute atomic E-state index is 9.77. The Kier molecular flexibility index (Phi) is 4.77. The zero-order valence-corrected chi connectivity index (χ0v) is 10.2. The standard InChI is InChI=1S/C13H21NO2/c1-9(2)13(14)11-8-10(6-7-16-3)4-5-12(11)15/h4-5,8-9,13,15H,6-7,14H2,1-3H3. The third-order valence-electron chi connectivity index (χ3n) is 2.76. The van der Waals surface area contributed by atoms with Crippen molar-refractivity contribution in [1.29, 1.82) is 0 Å². The number of benzene rings is 1. The molecule has 0 heterocycles. The second-order valence-corrected chi connectivity index (χ2v) is 4.41. The number of phenolic OH excluding ortho intramolecular Hbond substituents is 1. The molecule has 0 amide bonds. The van der Waals surface area contributed by atoms with Crippen molar-refractivity contribution in [3.8, 4) is 5.75 Å². The second kappa shape index (κ2) is 5.87. The van der Waals surface area contributed by atoms with Crippen LogP contribution in [0, 0.1) is 5.92 Å². The zero-order valence-electron chi connectivity index (χ0n) is 10.2. The SMILES string of the molecule is COCCc1ccc(O)c(C(N)C(C)C)c1. The number of rotatable bonds is 5. The van der Waals surface area contributed by atoms with Gasteiger partial charge in [-0.3, -0.25) is 0 Å². The van der Waals surface area contributed by atoms with Gasteiger partial charge in [-0.2, -0.15) is 0 Å². The van der Waals surface area contributed by atoms with Crippen LogP contribution >= 0.6 is 0 Å². The molecular formula is C13H21NO2. The van der Waals surface area contributed by atoms with Crippen LogP contribution in [-0.4, -0.2) is 18.8 Å². The van der Waals surface area contributed by atoms with E-state index in [2.05, 4.69) is 0 Å². The van der Waals surface area contributed by atoms with Gasteiger partial charge in [-0.15, -0.1) is 0 Å². The lowest BCUT2D eigenvalue weighted by atomic mass is 9.94. The number of nitrogens with two attached hydrogens (primary N) is 1. The van der Waals surface area contributed by atoms with E-state index in [4.69, 9.17) is 10.5 Å². The maximum Gasteiger partial charge on any atom is 0.120 e. The Labute approximate surface area is 97.2 Å². The van der Waals surface area contributed by atoms with Crippen LogP contribution < -0.4 is 5.73 Å². The summed E-state index contributed by atoms with van der Waals surface area (Å²) < 4.78 is 5.03. The third-order valence-corrected chi connectivity index (χ3v) is 2.76. The summed E-state index contributed by atoms with van der Waals surface area (Å²) in [5.74, 6) is 0.589. The largest absolute Gasteiger partial charge is 0.508 e. The number of phenols is 1. The Morgan fingerprint density at radius 2 is 2.06 bits per heavy atom. The van der Waals surface area contributed by atoms with Crippen molar-refractivity contribution in [2.24, 2.45) is 11.7 Å². The molecule has 16 heavy (non-hydrogen) atoms. The van der Waals surface area contributed by atoms with Crippen molar-refractivity contribution in [2.75, 3.05) is 13.7 Å². The number of ether oxygens (including phenoxy) is 1. The van der Waals surface area contributed by atoms with Gasteiger partial charge in [0.05, 0.1) is 6.61 Å². The summed E-state index contributed by atoms with van der Waals surface area (Å²) in [6.07, 6.45) is 0.842. The fourth-order valence-corrected chi connectivity index (χ4v) is 1.61. The fourth-order valence-electron chi connectivity index (χ4n) is 1.61. The molecule has 90 valence electrons. The van der Waals surface area contributed by atoms with Gasteiger partial charge in [0.15, 0.2) is 0 Å². The van der Waals surface area contributed by atoms with E-state index in [1.54, 1.807) is 13.2 Å². The molecule has 1 rings (SSSR count). The van der Waals surface area contributed by atoms with Crippen molar-refractivity contribution in [3.63, 3.8) is 0 Å². The van der Waals surface area contributed by atoms with Crippen molar-refractivity contribution >= 4 is 0 Å². The lowest BCUT2D eigenvalue weighted by Crippen LogP contribution is -2.17. The quantitative estimate of drug-likeness (QED) is 0.805. The number of hydrogen-bond donors (Lipinski definition) is 2. The summed E-state index contributed by atoms with van der Waals surface area (Å²) >= 11 is 0. The first-order chi connectivity index (χ1) is 7.56. The molecule has 3 heteroatoms. The molecule has 0 aliphatic heterocycles. The first-order valence-electron chi connectivity index (χ1n) is 5.62. The van der Waals surface area contributed by atoms with Crippen molar-refractivity contribution in [1.82, 2.24) is 0 Å². The maximum atomic E-state index is 9.77. The highest BCUT2D eigenvalue weighted by atomic mass is 16.5. The molecule has 1 unspecified atom stereocenters. The van der Waals surface area contributed by atoms with Crippen LogP contribution in [0.3, 0.4) is 0 Å². The molecule has 0 aromatic heterocycles. The van der Waals surface area contributed by atoms with Crippen LogP contribution in [0.4, 0.5) is 0 Å². The van der Waals surface area contributed by atoms with Crippen LogP contribution in [0.1, 0.15) is 31.0 Å². The molecule has 3 nitrogen and oxygen atoms in total. The van der Waals surface area contributed by atoms with Crippen LogP contribution in [-0.2, 0) is 11.2 Å². The van der Waals surface area contributed by atoms with E-state index in [9.17, 15) is 5.11 Å². The summed E-state index contributed by atoms with van der Waals surface area (Å²) in [7, 11) is 1.68. The minimum atomic E-state index is -0.123. The average Bonchev–Trinajstić information content (AvgIpc) is 2.27. The molecule has 1 atom stereocenters. The van der Waals surface area contributed by atoms with E-state index < -0.39 is 0 Å². The van der Waals surface area contributed by atoms with Gasteiger partial charge in [0.25, 0.3) is 0 Å². The Bertz CT molecular complexity index is 337. The zero-order chi connectivity index (χ0) is 12.1. The monoisotopic (exact) mass is 223 g/mol. The molecule has 0 saturated carbocycles. The highest BCUT2D eigenvalue weighted by Crippen LogP contribution is 2.28. The Balaban J connectivity index is 2.90. The minimum Gasteiger partial charge on any atom is -0.508 e. The Morgan fingerprint density at radius 1 is 1.38 bits per heavy atom.